The highest BCUT2D eigenvalue weighted by atomic mass is 35.5. The van der Waals surface area contributed by atoms with Gasteiger partial charge in [0.2, 0.25) is 0 Å². The summed E-state index contributed by atoms with van der Waals surface area (Å²) in [4.78, 5) is 0. The molecule has 1 heterocycles. The van der Waals surface area contributed by atoms with Gasteiger partial charge in [0.05, 0.1) is 11.2 Å². The van der Waals surface area contributed by atoms with Crippen molar-refractivity contribution in [2.75, 3.05) is 13.2 Å². The second kappa shape index (κ2) is 8.88. The Hall–Kier alpha value is -2.57. The number of ether oxygens (including phenoxy) is 2. The minimum absolute atomic E-state index is 0.322. The zero-order valence-corrected chi connectivity index (χ0v) is 16.4. The van der Waals surface area contributed by atoms with Crippen molar-refractivity contribution in [2.24, 2.45) is 5.10 Å². The topological polar surface area (TPSA) is 61.5 Å². The van der Waals surface area contributed by atoms with E-state index in [9.17, 15) is 0 Å². The first-order valence-electron chi connectivity index (χ1n) is 8.24. The third-order valence-electron chi connectivity index (χ3n) is 3.70. The van der Waals surface area contributed by atoms with Gasteiger partial charge in [0.15, 0.2) is 0 Å². The Bertz CT molecular complexity index is 943. The molecule has 0 aliphatic heterocycles. The zero-order chi connectivity index (χ0) is 19.2. The van der Waals surface area contributed by atoms with Crippen LogP contribution in [0.5, 0.6) is 11.5 Å². The predicted octanol–water partition coefficient (Wildman–Crippen LogP) is 4.54. The minimum Gasteiger partial charge on any atom is -0.490 e. The van der Waals surface area contributed by atoms with Gasteiger partial charge in [-0.15, -0.1) is 10.2 Å². The van der Waals surface area contributed by atoms with Crippen LogP contribution in [0, 0.1) is 13.8 Å². The lowest BCUT2D eigenvalue weighted by atomic mass is 10.1. The molecule has 0 radical (unpaired) electrons. The smallest absolute Gasteiger partial charge is 0.147 e. The number of benzene rings is 2. The van der Waals surface area contributed by atoms with E-state index < -0.39 is 0 Å². The fourth-order valence-corrected chi connectivity index (χ4v) is 2.93. The standard InChI is InChI=1S/C19H18Cl2N4O2/c1-13-3-4-14(2)18(7-13)26-5-6-27-19-15(8-16(20)9-17(19)21)10-24-25-11-22-23-12-25/h3-4,7-12H,5-6H2,1-2H3. The van der Waals surface area contributed by atoms with Gasteiger partial charge in [0.1, 0.15) is 37.4 Å². The van der Waals surface area contributed by atoms with Crippen molar-refractivity contribution >= 4 is 29.4 Å². The van der Waals surface area contributed by atoms with E-state index in [4.69, 9.17) is 32.7 Å². The third-order valence-corrected chi connectivity index (χ3v) is 4.20. The molecule has 3 rings (SSSR count). The summed E-state index contributed by atoms with van der Waals surface area (Å²) >= 11 is 12.4. The zero-order valence-electron chi connectivity index (χ0n) is 14.9. The molecule has 0 N–H and O–H groups in total. The van der Waals surface area contributed by atoms with Crippen LogP contribution in [-0.2, 0) is 0 Å². The van der Waals surface area contributed by atoms with Gasteiger partial charge in [0.25, 0.3) is 0 Å². The summed E-state index contributed by atoms with van der Waals surface area (Å²) in [7, 11) is 0. The molecular weight excluding hydrogens is 387 g/mol. The van der Waals surface area contributed by atoms with Gasteiger partial charge in [-0.25, -0.2) is 4.68 Å². The highest BCUT2D eigenvalue weighted by Gasteiger charge is 2.10. The van der Waals surface area contributed by atoms with Crippen LogP contribution in [0.3, 0.4) is 0 Å². The molecule has 27 heavy (non-hydrogen) atoms. The van der Waals surface area contributed by atoms with E-state index in [1.807, 2.05) is 32.0 Å². The predicted molar refractivity (Wildman–Crippen MR) is 106 cm³/mol. The molecule has 0 spiro atoms. The van der Waals surface area contributed by atoms with Crippen molar-refractivity contribution in [2.45, 2.75) is 13.8 Å². The number of nitrogens with zero attached hydrogens (tertiary/aromatic N) is 4. The molecule has 2 aromatic carbocycles. The monoisotopic (exact) mass is 404 g/mol. The minimum atomic E-state index is 0.322. The van der Waals surface area contributed by atoms with E-state index in [1.165, 1.54) is 17.3 Å². The number of hydrogen-bond acceptors (Lipinski definition) is 5. The molecule has 0 atom stereocenters. The lowest BCUT2D eigenvalue weighted by molar-refractivity contribution is 0.216. The lowest BCUT2D eigenvalue weighted by Crippen LogP contribution is -2.11. The quantitative estimate of drug-likeness (QED) is 0.428. The Labute approximate surface area is 167 Å². The van der Waals surface area contributed by atoms with E-state index in [0.29, 0.717) is 34.6 Å². The summed E-state index contributed by atoms with van der Waals surface area (Å²) in [5, 5.41) is 12.5. The number of halogens is 2. The summed E-state index contributed by atoms with van der Waals surface area (Å²) in [6.07, 6.45) is 4.53. The molecule has 0 fully saturated rings. The first-order chi connectivity index (χ1) is 13.0. The van der Waals surface area contributed by atoms with Crippen LogP contribution in [0.25, 0.3) is 0 Å². The highest BCUT2D eigenvalue weighted by Crippen LogP contribution is 2.31. The van der Waals surface area contributed by atoms with Crippen molar-refractivity contribution in [1.29, 1.82) is 0 Å². The largest absolute Gasteiger partial charge is 0.490 e. The summed E-state index contributed by atoms with van der Waals surface area (Å²) < 4.78 is 13.1. The Morgan fingerprint density at radius 2 is 1.78 bits per heavy atom. The first kappa shape index (κ1) is 19.2. The van der Waals surface area contributed by atoms with Gasteiger partial charge in [-0.2, -0.15) is 5.10 Å². The van der Waals surface area contributed by atoms with Crippen molar-refractivity contribution in [3.8, 4) is 11.5 Å². The molecule has 0 aliphatic rings. The maximum absolute atomic E-state index is 6.29. The van der Waals surface area contributed by atoms with Gasteiger partial charge < -0.3 is 9.47 Å². The Balaban J connectivity index is 1.68. The van der Waals surface area contributed by atoms with Crippen molar-refractivity contribution < 1.29 is 9.47 Å². The fraction of sp³-hybridized carbons (Fsp3) is 0.211. The van der Waals surface area contributed by atoms with E-state index in [1.54, 1.807) is 18.3 Å². The molecule has 140 valence electrons. The fourth-order valence-electron chi connectivity index (χ4n) is 2.37. The molecule has 0 saturated heterocycles. The van der Waals surface area contributed by atoms with E-state index in [-0.39, 0.29) is 0 Å². The average Bonchev–Trinajstić information content (AvgIpc) is 3.14. The summed E-state index contributed by atoms with van der Waals surface area (Å²) in [6, 6.07) is 9.43. The van der Waals surface area contributed by atoms with E-state index in [2.05, 4.69) is 15.3 Å². The number of aromatic nitrogens is 3. The van der Waals surface area contributed by atoms with Crippen molar-refractivity contribution in [1.82, 2.24) is 14.9 Å². The van der Waals surface area contributed by atoms with Crippen molar-refractivity contribution in [3.05, 3.63) is 69.7 Å². The SMILES string of the molecule is Cc1ccc(C)c(OCCOc2c(Cl)cc(Cl)cc2C=Nn2cnnc2)c1. The molecule has 3 aromatic rings. The molecule has 0 amide bonds. The first-order valence-corrected chi connectivity index (χ1v) is 8.99. The number of hydrogen-bond donors (Lipinski definition) is 0. The molecule has 0 aliphatic carbocycles. The van der Waals surface area contributed by atoms with Crippen LogP contribution in [-0.4, -0.2) is 34.3 Å². The summed E-state index contributed by atoms with van der Waals surface area (Å²) in [6.45, 7) is 4.73. The second-order valence-corrected chi connectivity index (χ2v) is 6.70. The van der Waals surface area contributed by atoms with Gasteiger partial charge in [-0.05, 0) is 43.2 Å². The molecule has 0 bridgehead atoms. The maximum atomic E-state index is 6.29. The van der Waals surface area contributed by atoms with Crippen LogP contribution in [0.1, 0.15) is 16.7 Å². The molecule has 6 nitrogen and oxygen atoms in total. The van der Waals surface area contributed by atoms with Crippen LogP contribution in [0.2, 0.25) is 10.0 Å². The molecule has 0 saturated carbocycles. The summed E-state index contributed by atoms with van der Waals surface area (Å²) in [5.74, 6) is 1.33. The third kappa shape index (κ3) is 5.21. The normalized spacial score (nSPS) is 11.1. The van der Waals surface area contributed by atoms with E-state index in [0.717, 1.165) is 16.9 Å². The molecule has 0 unspecified atom stereocenters. The summed E-state index contributed by atoms with van der Waals surface area (Å²) in [5.41, 5.74) is 2.87. The van der Waals surface area contributed by atoms with Crippen LogP contribution >= 0.6 is 23.2 Å². The number of aryl methyl sites for hydroxylation is 2. The van der Waals surface area contributed by atoms with Crippen LogP contribution in [0.4, 0.5) is 0 Å². The van der Waals surface area contributed by atoms with Gasteiger partial charge >= 0.3 is 0 Å². The highest BCUT2D eigenvalue weighted by molar-refractivity contribution is 6.36. The van der Waals surface area contributed by atoms with Crippen LogP contribution in [0.15, 0.2) is 48.1 Å². The van der Waals surface area contributed by atoms with Gasteiger partial charge in [-0.1, -0.05) is 35.3 Å². The molecule has 8 heteroatoms. The number of rotatable bonds is 7. The Kier molecular flexibility index (Phi) is 6.32. The molecule has 1 aromatic heterocycles. The second-order valence-electron chi connectivity index (χ2n) is 5.86. The average molecular weight is 405 g/mol. The van der Waals surface area contributed by atoms with Gasteiger partial charge in [-0.3, -0.25) is 0 Å². The molecular formula is C19H18Cl2N4O2. The van der Waals surface area contributed by atoms with Gasteiger partial charge in [0, 0.05) is 10.6 Å². The Morgan fingerprint density at radius 1 is 1.04 bits per heavy atom. The Morgan fingerprint density at radius 3 is 2.56 bits per heavy atom. The van der Waals surface area contributed by atoms with Crippen molar-refractivity contribution in [3.63, 3.8) is 0 Å². The lowest BCUT2D eigenvalue weighted by Gasteiger charge is -2.13. The van der Waals surface area contributed by atoms with Crippen LogP contribution < -0.4 is 9.47 Å². The van der Waals surface area contributed by atoms with E-state index >= 15 is 0 Å². The maximum Gasteiger partial charge on any atom is 0.147 e.